The van der Waals surface area contributed by atoms with Gasteiger partial charge in [0.05, 0.1) is 18.6 Å². The minimum Gasteiger partial charge on any atom is -0.468 e. The van der Waals surface area contributed by atoms with Gasteiger partial charge < -0.3 is 10.5 Å². The van der Waals surface area contributed by atoms with Crippen LogP contribution in [0.2, 0.25) is 0 Å². The highest BCUT2D eigenvalue weighted by Crippen LogP contribution is 2.32. The van der Waals surface area contributed by atoms with Gasteiger partial charge in [-0.25, -0.2) is 8.42 Å². The van der Waals surface area contributed by atoms with Crippen LogP contribution >= 0.6 is 0 Å². The smallest absolute Gasteiger partial charge is 0.325 e. The van der Waals surface area contributed by atoms with Crippen LogP contribution in [0.3, 0.4) is 0 Å². The summed E-state index contributed by atoms with van der Waals surface area (Å²) in [5.74, 6) is 0.115. The van der Waals surface area contributed by atoms with Crippen molar-refractivity contribution in [1.29, 1.82) is 0 Å². The molecule has 0 aromatic heterocycles. The van der Waals surface area contributed by atoms with E-state index in [2.05, 4.69) is 4.90 Å². The quantitative estimate of drug-likeness (QED) is 0.734. The zero-order valence-corrected chi connectivity index (χ0v) is 13.0. The van der Waals surface area contributed by atoms with Gasteiger partial charge in [-0.05, 0) is 39.2 Å². The summed E-state index contributed by atoms with van der Waals surface area (Å²) in [5.41, 5.74) is 5.25. The molecule has 2 fully saturated rings. The molecule has 0 aromatic rings. The van der Waals surface area contributed by atoms with E-state index in [4.69, 9.17) is 10.5 Å². The molecule has 0 amide bonds. The highest BCUT2D eigenvalue weighted by atomic mass is 32.2. The van der Waals surface area contributed by atoms with Crippen molar-refractivity contribution < 1.29 is 17.9 Å². The van der Waals surface area contributed by atoms with Gasteiger partial charge in [0.2, 0.25) is 0 Å². The zero-order valence-electron chi connectivity index (χ0n) is 12.2. The van der Waals surface area contributed by atoms with Crippen LogP contribution in [0.5, 0.6) is 0 Å². The predicted molar refractivity (Wildman–Crippen MR) is 76.0 cm³/mol. The van der Waals surface area contributed by atoms with E-state index in [0.29, 0.717) is 19.3 Å². The lowest BCUT2D eigenvalue weighted by molar-refractivity contribution is -0.149. The molecule has 3 unspecified atom stereocenters. The number of carbonyl (C=O) groups is 1. The molecule has 1 aliphatic heterocycles. The molecule has 0 spiro atoms. The Balaban J connectivity index is 2.04. The number of rotatable bonds is 3. The van der Waals surface area contributed by atoms with Crippen molar-refractivity contribution in [1.82, 2.24) is 4.90 Å². The number of ether oxygens (including phenoxy) is 1. The second-order valence-electron chi connectivity index (χ2n) is 6.12. The van der Waals surface area contributed by atoms with Gasteiger partial charge in [0.25, 0.3) is 0 Å². The second kappa shape index (κ2) is 5.61. The SMILES string of the molecule is COC(=O)C1(N)CCCC(N(C)C2CCS(=O)(=O)C2)C1. The summed E-state index contributed by atoms with van der Waals surface area (Å²) >= 11 is 0. The van der Waals surface area contributed by atoms with Gasteiger partial charge in [0, 0.05) is 12.1 Å². The first-order chi connectivity index (χ1) is 9.27. The van der Waals surface area contributed by atoms with Crippen LogP contribution in [0.15, 0.2) is 0 Å². The zero-order chi connectivity index (χ0) is 15.0. The molecule has 116 valence electrons. The first-order valence-corrected chi connectivity index (χ1v) is 8.89. The second-order valence-corrected chi connectivity index (χ2v) is 8.35. The molecular weight excluding hydrogens is 280 g/mol. The van der Waals surface area contributed by atoms with Gasteiger partial charge in [-0.1, -0.05) is 0 Å². The van der Waals surface area contributed by atoms with Crippen molar-refractivity contribution >= 4 is 15.8 Å². The average molecular weight is 304 g/mol. The standard InChI is InChI=1S/C13H24N2O4S/c1-15(11-5-7-20(17,18)9-11)10-4-3-6-13(14,8-10)12(16)19-2/h10-11H,3-9,14H2,1-2H3. The highest BCUT2D eigenvalue weighted by Gasteiger charge is 2.43. The molecule has 1 saturated heterocycles. The maximum absolute atomic E-state index is 11.8. The molecule has 0 aromatic carbocycles. The molecule has 7 heteroatoms. The number of methoxy groups -OCH3 is 1. The predicted octanol–water partition coefficient (Wildman–Crippen LogP) is -0.0816. The molecule has 2 aliphatic rings. The fraction of sp³-hybridized carbons (Fsp3) is 0.923. The Labute approximate surface area is 120 Å². The third kappa shape index (κ3) is 3.15. The van der Waals surface area contributed by atoms with E-state index in [0.717, 1.165) is 12.8 Å². The molecule has 2 N–H and O–H groups in total. The Bertz CT molecular complexity index is 479. The van der Waals surface area contributed by atoms with Crippen LogP contribution in [0, 0.1) is 0 Å². The first-order valence-electron chi connectivity index (χ1n) is 7.07. The largest absolute Gasteiger partial charge is 0.468 e. The normalized spacial score (nSPS) is 37.0. The summed E-state index contributed by atoms with van der Waals surface area (Å²) in [6.07, 6.45) is 3.65. The van der Waals surface area contributed by atoms with Crippen LogP contribution in [0.25, 0.3) is 0 Å². The van der Waals surface area contributed by atoms with Crippen molar-refractivity contribution in [3.8, 4) is 0 Å². The van der Waals surface area contributed by atoms with E-state index in [1.54, 1.807) is 0 Å². The molecule has 1 aliphatic carbocycles. The number of sulfone groups is 1. The van der Waals surface area contributed by atoms with E-state index in [1.807, 2.05) is 7.05 Å². The Hall–Kier alpha value is -0.660. The molecule has 0 radical (unpaired) electrons. The number of nitrogens with two attached hydrogens (primary N) is 1. The topological polar surface area (TPSA) is 89.7 Å². The maximum atomic E-state index is 11.8. The van der Waals surface area contributed by atoms with Crippen molar-refractivity contribution in [2.24, 2.45) is 5.73 Å². The van der Waals surface area contributed by atoms with Gasteiger partial charge in [-0.15, -0.1) is 0 Å². The van der Waals surface area contributed by atoms with Gasteiger partial charge in [0.1, 0.15) is 5.54 Å². The minimum atomic E-state index is -2.89. The van der Waals surface area contributed by atoms with E-state index in [1.165, 1.54) is 7.11 Å². The minimum absolute atomic E-state index is 0.0463. The van der Waals surface area contributed by atoms with Crippen molar-refractivity contribution in [2.45, 2.75) is 49.7 Å². The molecule has 1 heterocycles. The monoisotopic (exact) mass is 304 g/mol. The molecular formula is C13H24N2O4S. The molecule has 2 rings (SSSR count). The van der Waals surface area contributed by atoms with Gasteiger partial charge in [0.15, 0.2) is 9.84 Å². The third-order valence-corrected chi connectivity index (χ3v) is 6.46. The molecule has 6 nitrogen and oxygen atoms in total. The Morgan fingerprint density at radius 2 is 2.05 bits per heavy atom. The summed E-state index contributed by atoms with van der Waals surface area (Å²) in [6.45, 7) is 0. The summed E-state index contributed by atoms with van der Waals surface area (Å²) in [7, 11) is 0.405. The first kappa shape index (κ1) is 15.7. The van der Waals surface area contributed by atoms with Crippen molar-refractivity contribution in [3.63, 3.8) is 0 Å². The van der Waals surface area contributed by atoms with E-state index >= 15 is 0 Å². The van der Waals surface area contributed by atoms with Crippen molar-refractivity contribution in [3.05, 3.63) is 0 Å². The number of esters is 1. The fourth-order valence-electron chi connectivity index (χ4n) is 3.41. The van der Waals surface area contributed by atoms with Gasteiger partial charge in [-0.3, -0.25) is 9.69 Å². The fourth-order valence-corrected chi connectivity index (χ4v) is 5.19. The van der Waals surface area contributed by atoms with Crippen LogP contribution in [-0.2, 0) is 19.4 Å². The lowest BCUT2D eigenvalue weighted by Crippen LogP contribution is -2.57. The van der Waals surface area contributed by atoms with Gasteiger partial charge in [-0.2, -0.15) is 0 Å². The van der Waals surface area contributed by atoms with Crippen LogP contribution in [0.4, 0.5) is 0 Å². The Morgan fingerprint density at radius 3 is 2.60 bits per heavy atom. The summed E-state index contributed by atoms with van der Waals surface area (Å²) in [4.78, 5) is 13.9. The van der Waals surface area contributed by atoms with Crippen molar-refractivity contribution in [2.75, 3.05) is 25.7 Å². The van der Waals surface area contributed by atoms with E-state index in [9.17, 15) is 13.2 Å². The molecule has 20 heavy (non-hydrogen) atoms. The maximum Gasteiger partial charge on any atom is 0.325 e. The number of carbonyl (C=O) groups excluding carboxylic acids is 1. The number of nitrogens with zero attached hydrogens (tertiary/aromatic N) is 1. The lowest BCUT2D eigenvalue weighted by Gasteiger charge is -2.41. The summed E-state index contributed by atoms with van der Waals surface area (Å²) in [6, 6.07) is 0.191. The Kier molecular flexibility index (Phi) is 4.41. The van der Waals surface area contributed by atoms with Crippen LogP contribution in [0.1, 0.15) is 32.1 Å². The Morgan fingerprint density at radius 1 is 1.35 bits per heavy atom. The molecule has 1 saturated carbocycles. The number of hydrogen-bond acceptors (Lipinski definition) is 6. The summed E-state index contributed by atoms with van der Waals surface area (Å²) in [5, 5.41) is 0. The number of hydrogen-bond donors (Lipinski definition) is 1. The van der Waals surface area contributed by atoms with E-state index < -0.39 is 15.4 Å². The highest BCUT2D eigenvalue weighted by molar-refractivity contribution is 7.91. The summed E-state index contributed by atoms with van der Waals surface area (Å²) < 4.78 is 28.0. The molecule has 3 atom stereocenters. The third-order valence-electron chi connectivity index (χ3n) is 4.71. The van der Waals surface area contributed by atoms with Crippen LogP contribution in [-0.4, -0.2) is 62.6 Å². The lowest BCUT2D eigenvalue weighted by atomic mass is 9.79. The molecule has 0 bridgehead atoms. The average Bonchev–Trinajstić information content (AvgIpc) is 2.77. The van der Waals surface area contributed by atoms with E-state index in [-0.39, 0.29) is 29.6 Å². The van der Waals surface area contributed by atoms with Gasteiger partial charge >= 0.3 is 5.97 Å². The van der Waals surface area contributed by atoms with Crippen LogP contribution < -0.4 is 5.73 Å².